The van der Waals surface area contributed by atoms with Crippen molar-refractivity contribution in [2.75, 3.05) is 44.2 Å². The zero-order valence-electron chi connectivity index (χ0n) is 17.0. The fourth-order valence-corrected chi connectivity index (χ4v) is 5.86. The third-order valence-electron chi connectivity index (χ3n) is 5.83. The molecular weight excluding hydrogens is 386 g/mol. The minimum Gasteiger partial charge on any atom is -0.311 e. The zero-order valence-corrected chi connectivity index (χ0v) is 17.8. The van der Waals surface area contributed by atoms with Crippen molar-refractivity contribution in [3.05, 3.63) is 59.2 Å². The number of carbonyl (C=O) groups is 1. The molecule has 7 heteroatoms. The van der Waals surface area contributed by atoms with Crippen molar-refractivity contribution in [1.29, 1.82) is 0 Å². The Labute approximate surface area is 172 Å². The SMILES string of the molecule is Cc1ccc(S(=O)(=O)N2CCN(CC(=O)N3CCc4ccccc43)CC2)c(C)c1. The third-order valence-corrected chi connectivity index (χ3v) is 7.89. The van der Waals surface area contributed by atoms with E-state index in [9.17, 15) is 13.2 Å². The van der Waals surface area contributed by atoms with Crippen molar-refractivity contribution in [2.24, 2.45) is 0 Å². The monoisotopic (exact) mass is 413 g/mol. The Morgan fingerprint density at radius 1 is 0.966 bits per heavy atom. The quantitative estimate of drug-likeness (QED) is 0.771. The summed E-state index contributed by atoms with van der Waals surface area (Å²) in [7, 11) is -3.51. The summed E-state index contributed by atoms with van der Waals surface area (Å²) in [5.74, 6) is 0.0839. The first-order chi connectivity index (χ1) is 13.9. The molecule has 0 atom stereocenters. The van der Waals surface area contributed by atoms with E-state index >= 15 is 0 Å². The highest BCUT2D eigenvalue weighted by atomic mass is 32.2. The first-order valence-corrected chi connectivity index (χ1v) is 11.5. The number of carbonyl (C=O) groups excluding carboxylic acids is 1. The lowest BCUT2D eigenvalue weighted by atomic mass is 10.2. The number of benzene rings is 2. The van der Waals surface area contributed by atoms with E-state index < -0.39 is 10.0 Å². The molecule has 4 rings (SSSR count). The van der Waals surface area contributed by atoms with Gasteiger partial charge in [0.15, 0.2) is 0 Å². The van der Waals surface area contributed by atoms with Gasteiger partial charge in [0, 0.05) is 38.4 Å². The van der Waals surface area contributed by atoms with Crippen LogP contribution in [0.15, 0.2) is 47.4 Å². The second-order valence-electron chi connectivity index (χ2n) is 7.87. The molecule has 2 aromatic rings. The van der Waals surface area contributed by atoms with Gasteiger partial charge in [-0.1, -0.05) is 35.9 Å². The molecule has 0 aliphatic carbocycles. The predicted octanol–water partition coefficient (Wildman–Crippen LogP) is 2.20. The number of aryl methyl sites for hydroxylation is 2. The predicted molar refractivity (Wildman–Crippen MR) is 114 cm³/mol. The van der Waals surface area contributed by atoms with Crippen molar-refractivity contribution >= 4 is 21.6 Å². The Hall–Kier alpha value is -2.22. The number of piperazine rings is 1. The molecule has 6 nitrogen and oxygen atoms in total. The van der Waals surface area contributed by atoms with Crippen LogP contribution in [0.1, 0.15) is 16.7 Å². The number of amides is 1. The van der Waals surface area contributed by atoms with E-state index in [0.717, 1.165) is 29.8 Å². The molecule has 0 bridgehead atoms. The molecule has 29 heavy (non-hydrogen) atoms. The first kappa shape index (κ1) is 20.1. The van der Waals surface area contributed by atoms with Gasteiger partial charge < -0.3 is 4.90 Å². The molecule has 1 amide bonds. The van der Waals surface area contributed by atoms with Crippen LogP contribution in [-0.2, 0) is 21.2 Å². The van der Waals surface area contributed by atoms with E-state index in [4.69, 9.17) is 0 Å². The average Bonchev–Trinajstić information content (AvgIpc) is 3.12. The van der Waals surface area contributed by atoms with Crippen molar-refractivity contribution in [3.63, 3.8) is 0 Å². The normalized spacial score (nSPS) is 18.1. The zero-order chi connectivity index (χ0) is 20.6. The molecule has 0 radical (unpaired) electrons. The Bertz CT molecular complexity index is 1030. The number of nitrogens with zero attached hydrogens (tertiary/aromatic N) is 3. The van der Waals surface area contributed by atoms with Crippen LogP contribution in [0.4, 0.5) is 5.69 Å². The van der Waals surface area contributed by atoms with Gasteiger partial charge >= 0.3 is 0 Å². The summed E-state index contributed by atoms with van der Waals surface area (Å²) in [6, 6.07) is 13.5. The van der Waals surface area contributed by atoms with E-state index in [0.29, 0.717) is 37.6 Å². The van der Waals surface area contributed by atoms with E-state index in [2.05, 4.69) is 11.0 Å². The maximum Gasteiger partial charge on any atom is 0.243 e. The molecule has 0 saturated carbocycles. The molecule has 2 aliphatic rings. The fourth-order valence-electron chi connectivity index (χ4n) is 4.23. The fraction of sp³-hybridized carbons (Fsp3) is 0.409. The van der Waals surface area contributed by atoms with Crippen LogP contribution in [0.5, 0.6) is 0 Å². The summed E-state index contributed by atoms with van der Waals surface area (Å²) >= 11 is 0. The molecule has 2 aliphatic heterocycles. The number of anilines is 1. The molecule has 0 spiro atoms. The molecular formula is C22H27N3O3S. The lowest BCUT2D eigenvalue weighted by molar-refractivity contribution is -0.119. The summed E-state index contributed by atoms with van der Waals surface area (Å²) in [4.78, 5) is 17.1. The topological polar surface area (TPSA) is 60.9 Å². The number of sulfonamides is 1. The van der Waals surface area contributed by atoms with E-state index in [1.54, 1.807) is 6.07 Å². The van der Waals surface area contributed by atoms with Crippen LogP contribution in [0.2, 0.25) is 0 Å². The van der Waals surface area contributed by atoms with Gasteiger partial charge in [-0.15, -0.1) is 0 Å². The summed E-state index contributed by atoms with van der Waals surface area (Å²) in [6.07, 6.45) is 0.893. The van der Waals surface area contributed by atoms with Crippen LogP contribution < -0.4 is 4.90 Å². The molecule has 0 N–H and O–H groups in total. The summed E-state index contributed by atoms with van der Waals surface area (Å²) in [5.41, 5.74) is 4.04. The second kappa shape index (κ2) is 7.89. The van der Waals surface area contributed by atoms with Gasteiger partial charge in [0.1, 0.15) is 0 Å². The summed E-state index contributed by atoms with van der Waals surface area (Å²) in [6.45, 7) is 6.77. The Kier molecular flexibility index (Phi) is 5.46. The van der Waals surface area contributed by atoms with Crippen LogP contribution >= 0.6 is 0 Å². The van der Waals surface area contributed by atoms with Gasteiger partial charge in [-0.05, 0) is 43.5 Å². The van der Waals surface area contributed by atoms with E-state index in [1.165, 1.54) is 9.87 Å². The number of hydrogen-bond donors (Lipinski definition) is 0. The molecule has 1 saturated heterocycles. The van der Waals surface area contributed by atoms with Gasteiger partial charge in [0.2, 0.25) is 15.9 Å². The second-order valence-corrected chi connectivity index (χ2v) is 9.78. The first-order valence-electron chi connectivity index (χ1n) is 10.0. The van der Waals surface area contributed by atoms with Crippen molar-refractivity contribution in [1.82, 2.24) is 9.21 Å². The van der Waals surface area contributed by atoms with Crippen LogP contribution in [0, 0.1) is 13.8 Å². The highest BCUT2D eigenvalue weighted by Crippen LogP contribution is 2.28. The van der Waals surface area contributed by atoms with Crippen LogP contribution in [-0.4, -0.2) is 62.8 Å². The minimum atomic E-state index is -3.51. The maximum absolute atomic E-state index is 13.0. The van der Waals surface area contributed by atoms with Crippen LogP contribution in [0.3, 0.4) is 0 Å². The Balaban J connectivity index is 1.38. The van der Waals surface area contributed by atoms with Gasteiger partial charge in [0.25, 0.3) is 0 Å². The smallest absolute Gasteiger partial charge is 0.243 e. The van der Waals surface area contributed by atoms with E-state index in [1.807, 2.05) is 49.1 Å². The van der Waals surface area contributed by atoms with Crippen molar-refractivity contribution < 1.29 is 13.2 Å². The summed E-state index contributed by atoms with van der Waals surface area (Å²) in [5, 5.41) is 0. The minimum absolute atomic E-state index is 0.0839. The van der Waals surface area contributed by atoms with Crippen molar-refractivity contribution in [3.8, 4) is 0 Å². The molecule has 2 aromatic carbocycles. The number of fused-ring (bicyclic) bond motifs is 1. The Morgan fingerprint density at radius 2 is 1.69 bits per heavy atom. The molecule has 0 aromatic heterocycles. The largest absolute Gasteiger partial charge is 0.311 e. The highest BCUT2D eigenvalue weighted by Gasteiger charge is 2.31. The number of rotatable bonds is 4. The third kappa shape index (κ3) is 3.95. The van der Waals surface area contributed by atoms with Gasteiger partial charge in [-0.2, -0.15) is 4.31 Å². The lowest BCUT2D eigenvalue weighted by Crippen LogP contribution is -2.51. The molecule has 1 fully saturated rings. The number of para-hydroxylation sites is 1. The van der Waals surface area contributed by atoms with Gasteiger partial charge in [-0.3, -0.25) is 9.69 Å². The molecule has 2 heterocycles. The van der Waals surface area contributed by atoms with Gasteiger partial charge in [-0.25, -0.2) is 8.42 Å². The Morgan fingerprint density at radius 3 is 2.41 bits per heavy atom. The van der Waals surface area contributed by atoms with E-state index in [-0.39, 0.29) is 5.91 Å². The number of hydrogen-bond acceptors (Lipinski definition) is 4. The average molecular weight is 414 g/mol. The molecule has 0 unspecified atom stereocenters. The molecule has 154 valence electrons. The maximum atomic E-state index is 13.0. The van der Waals surface area contributed by atoms with Gasteiger partial charge in [0.05, 0.1) is 11.4 Å². The lowest BCUT2D eigenvalue weighted by Gasteiger charge is -2.34. The standard InChI is InChI=1S/C22H27N3O3S/c1-17-7-8-21(18(2)15-17)29(27,28)24-13-11-23(12-14-24)16-22(26)25-10-9-19-5-3-4-6-20(19)25/h3-8,15H,9-14,16H2,1-2H3. The summed E-state index contributed by atoms with van der Waals surface area (Å²) < 4.78 is 27.6. The van der Waals surface area contributed by atoms with Crippen molar-refractivity contribution in [2.45, 2.75) is 25.2 Å². The van der Waals surface area contributed by atoms with Crippen LogP contribution in [0.25, 0.3) is 0 Å². The highest BCUT2D eigenvalue weighted by molar-refractivity contribution is 7.89.